The molecule has 5 nitrogen and oxygen atoms in total. The number of rotatable bonds is 13. The molecule has 0 aromatic rings. The highest BCUT2D eigenvalue weighted by molar-refractivity contribution is 5.69. The zero-order chi connectivity index (χ0) is 21.0. The van der Waals surface area contributed by atoms with Crippen molar-refractivity contribution in [3.63, 3.8) is 0 Å². The van der Waals surface area contributed by atoms with Gasteiger partial charge >= 0.3 is 5.97 Å². The van der Waals surface area contributed by atoms with Gasteiger partial charge < -0.3 is 20.1 Å². The van der Waals surface area contributed by atoms with E-state index in [1.165, 1.54) is 7.11 Å². The van der Waals surface area contributed by atoms with E-state index < -0.39 is 17.8 Å². The quantitative estimate of drug-likeness (QED) is 0.250. The fourth-order valence-corrected chi connectivity index (χ4v) is 4.06. The van der Waals surface area contributed by atoms with Crippen LogP contribution in [0.2, 0.25) is 0 Å². The van der Waals surface area contributed by atoms with Gasteiger partial charge in [-0.2, -0.15) is 0 Å². The van der Waals surface area contributed by atoms with Crippen molar-refractivity contribution in [2.45, 2.75) is 95.9 Å². The van der Waals surface area contributed by atoms with E-state index in [9.17, 15) is 20.1 Å². The summed E-state index contributed by atoms with van der Waals surface area (Å²) in [7, 11) is 1.38. The van der Waals surface area contributed by atoms with Crippen molar-refractivity contribution >= 4 is 5.97 Å². The lowest BCUT2D eigenvalue weighted by atomic mass is 9.82. The van der Waals surface area contributed by atoms with E-state index in [2.05, 4.69) is 11.7 Å². The van der Waals surface area contributed by atoms with E-state index in [1.54, 1.807) is 0 Å². The maximum atomic E-state index is 11.0. The van der Waals surface area contributed by atoms with Crippen LogP contribution in [-0.2, 0) is 9.53 Å². The Hall–Kier alpha value is -1.17. The summed E-state index contributed by atoms with van der Waals surface area (Å²) >= 11 is 0. The normalized spacial score (nSPS) is 27.5. The molecule has 3 N–H and O–H groups in total. The van der Waals surface area contributed by atoms with Crippen LogP contribution in [0.5, 0.6) is 0 Å². The minimum atomic E-state index is -0.703. The number of hydrogen-bond donors (Lipinski definition) is 3. The number of carbonyl (C=O) groups excluding carboxylic acids is 1. The molecule has 1 aliphatic rings. The molecule has 0 saturated heterocycles. The SMILES string of the molecule is CCCCCC(C)(O)CC[C@@H]1[C@@H](C/C=C\C=C/CCC(=O)OC)[C@@H](O)C[C@H]1O. The molecule has 0 bridgehead atoms. The number of ether oxygens (including phenoxy) is 1. The van der Waals surface area contributed by atoms with Crippen molar-refractivity contribution in [1.82, 2.24) is 0 Å². The Kier molecular flexibility index (Phi) is 11.7. The summed E-state index contributed by atoms with van der Waals surface area (Å²) in [6.45, 7) is 4.03. The smallest absolute Gasteiger partial charge is 0.305 e. The molecule has 28 heavy (non-hydrogen) atoms. The first-order valence-corrected chi connectivity index (χ1v) is 10.8. The predicted molar refractivity (Wildman–Crippen MR) is 112 cm³/mol. The van der Waals surface area contributed by atoms with Crippen molar-refractivity contribution in [1.29, 1.82) is 0 Å². The van der Waals surface area contributed by atoms with Crippen LogP contribution < -0.4 is 0 Å². The van der Waals surface area contributed by atoms with Crippen molar-refractivity contribution in [2.24, 2.45) is 11.8 Å². The van der Waals surface area contributed by atoms with Gasteiger partial charge in [0, 0.05) is 6.42 Å². The molecule has 0 heterocycles. The topological polar surface area (TPSA) is 87.0 Å². The van der Waals surface area contributed by atoms with Crippen LogP contribution in [0.25, 0.3) is 0 Å². The van der Waals surface area contributed by atoms with Gasteiger partial charge in [-0.3, -0.25) is 4.79 Å². The second kappa shape index (κ2) is 13.1. The number of aliphatic hydroxyl groups excluding tert-OH is 2. The summed E-state index contributed by atoms with van der Waals surface area (Å²) in [5.41, 5.74) is -0.703. The van der Waals surface area contributed by atoms with Gasteiger partial charge in [0.15, 0.2) is 0 Å². The van der Waals surface area contributed by atoms with Crippen LogP contribution in [0.15, 0.2) is 24.3 Å². The van der Waals surface area contributed by atoms with Crippen LogP contribution in [-0.4, -0.2) is 46.2 Å². The number of carbonyl (C=O) groups is 1. The second-order valence-electron chi connectivity index (χ2n) is 8.40. The Labute approximate surface area is 170 Å². The molecule has 0 aromatic heterocycles. The third kappa shape index (κ3) is 9.35. The molecule has 1 fully saturated rings. The number of unbranched alkanes of at least 4 members (excludes halogenated alkanes) is 2. The number of hydrogen-bond acceptors (Lipinski definition) is 5. The third-order valence-corrected chi connectivity index (χ3v) is 5.89. The molecule has 0 aliphatic heterocycles. The maximum absolute atomic E-state index is 11.0. The fraction of sp³-hybridized carbons (Fsp3) is 0.783. The second-order valence-corrected chi connectivity index (χ2v) is 8.40. The Bertz CT molecular complexity index is 497. The zero-order valence-corrected chi connectivity index (χ0v) is 17.8. The van der Waals surface area contributed by atoms with Crippen molar-refractivity contribution < 1.29 is 24.9 Å². The van der Waals surface area contributed by atoms with Gasteiger partial charge in [0.2, 0.25) is 0 Å². The van der Waals surface area contributed by atoms with Crippen LogP contribution in [0.3, 0.4) is 0 Å². The monoisotopic (exact) mass is 396 g/mol. The molecular formula is C23H40O5. The van der Waals surface area contributed by atoms with E-state index >= 15 is 0 Å². The van der Waals surface area contributed by atoms with Crippen molar-refractivity contribution in [2.75, 3.05) is 7.11 Å². The van der Waals surface area contributed by atoms with E-state index in [0.29, 0.717) is 32.1 Å². The van der Waals surface area contributed by atoms with Crippen LogP contribution >= 0.6 is 0 Å². The van der Waals surface area contributed by atoms with Gasteiger partial charge in [-0.1, -0.05) is 50.5 Å². The molecule has 5 heteroatoms. The average Bonchev–Trinajstić information content (AvgIpc) is 2.91. The molecule has 0 amide bonds. The Balaban J connectivity index is 2.46. The maximum Gasteiger partial charge on any atom is 0.305 e. The summed E-state index contributed by atoms with van der Waals surface area (Å²) in [6, 6.07) is 0. The highest BCUT2D eigenvalue weighted by atomic mass is 16.5. The van der Waals surface area contributed by atoms with Gasteiger partial charge in [-0.15, -0.1) is 0 Å². The lowest BCUT2D eigenvalue weighted by Gasteiger charge is -2.28. The lowest BCUT2D eigenvalue weighted by molar-refractivity contribution is -0.140. The molecule has 1 rings (SSSR count). The third-order valence-electron chi connectivity index (χ3n) is 5.89. The van der Waals surface area contributed by atoms with Gasteiger partial charge in [-0.25, -0.2) is 0 Å². The average molecular weight is 397 g/mol. The summed E-state index contributed by atoms with van der Waals surface area (Å²) in [5, 5.41) is 31.3. The summed E-state index contributed by atoms with van der Waals surface area (Å²) < 4.78 is 4.59. The Morgan fingerprint density at radius 1 is 1.11 bits per heavy atom. The minimum Gasteiger partial charge on any atom is -0.469 e. The van der Waals surface area contributed by atoms with Gasteiger partial charge in [0.25, 0.3) is 0 Å². The van der Waals surface area contributed by atoms with E-state index in [-0.39, 0.29) is 17.8 Å². The van der Waals surface area contributed by atoms with Crippen LogP contribution in [0.4, 0.5) is 0 Å². The Morgan fingerprint density at radius 2 is 1.79 bits per heavy atom. The first kappa shape index (κ1) is 24.9. The summed E-state index contributed by atoms with van der Waals surface area (Å²) in [5.74, 6) is -0.188. The molecular weight excluding hydrogens is 356 g/mol. The molecule has 1 unspecified atom stereocenters. The predicted octanol–water partition coefficient (Wildman–Crippen LogP) is 3.91. The number of methoxy groups -OCH3 is 1. The molecule has 1 aliphatic carbocycles. The zero-order valence-electron chi connectivity index (χ0n) is 17.8. The molecule has 162 valence electrons. The fourth-order valence-electron chi connectivity index (χ4n) is 4.06. The lowest BCUT2D eigenvalue weighted by Crippen LogP contribution is -2.28. The van der Waals surface area contributed by atoms with E-state index in [1.807, 2.05) is 31.2 Å². The molecule has 0 aromatic carbocycles. The van der Waals surface area contributed by atoms with Crippen LogP contribution in [0.1, 0.15) is 78.1 Å². The van der Waals surface area contributed by atoms with Gasteiger partial charge in [-0.05, 0) is 57.3 Å². The van der Waals surface area contributed by atoms with E-state index in [0.717, 1.165) is 32.1 Å². The van der Waals surface area contributed by atoms with Gasteiger partial charge in [0.1, 0.15) is 0 Å². The molecule has 5 atom stereocenters. The minimum absolute atomic E-state index is 0.0144. The largest absolute Gasteiger partial charge is 0.469 e. The highest BCUT2D eigenvalue weighted by Crippen LogP contribution is 2.39. The Morgan fingerprint density at radius 3 is 2.46 bits per heavy atom. The summed E-state index contributed by atoms with van der Waals surface area (Å²) in [6.07, 6.45) is 14.3. The molecule has 1 saturated carbocycles. The van der Waals surface area contributed by atoms with Crippen molar-refractivity contribution in [3.05, 3.63) is 24.3 Å². The molecule has 0 spiro atoms. The first-order chi connectivity index (χ1) is 13.3. The standard InChI is InChI=1S/C23H40O5/c1-4-5-11-15-23(2,27)16-14-19-18(20(24)17-21(19)25)12-9-7-6-8-10-13-22(26)28-3/h6-9,18-21,24-25,27H,4-5,10-17H2,1-3H3/b8-6-,9-7-/t18-,19-,20+,21-,23?/m1/s1. The van der Waals surface area contributed by atoms with Crippen LogP contribution in [0, 0.1) is 11.8 Å². The first-order valence-electron chi connectivity index (χ1n) is 10.8. The van der Waals surface area contributed by atoms with Gasteiger partial charge in [0.05, 0.1) is 24.9 Å². The number of aliphatic hydroxyl groups is 3. The highest BCUT2D eigenvalue weighted by Gasteiger charge is 2.41. The number of allylic oxidation sites excluding steroid dienone is 4. The van der Waals surface area contributed by atoms with E-state index in [4.69, 9.17) is 0 Å². The summed E-state index contributed by atoms with van der Waals surface area (Å²) in [4.78, 5) is 11.0. The number of esters is 1. The molecule has 0 radical (unpaired) electrons. The van der Waals surface area contributed by atoms with Crippen molar-refractivity contribution in [3.8, 4) is 0 Å².